The maximum absolute atomic E-state index is 13.3. The van der Waals surface area contributed by atoms with Crippen LogP contribution in [0.5, 0.6) is 11.5 Å². The second-order valence-electron chi connectivity index (χ2n) is 3.80. The van der Waals surface area contributed by atoms with Crippen molar-refractivity contribution in [2.45, 2.75) is 0 Å². The number of rotatable bonds is 6. The summed E-state index contributed by atoms with van der Waals surface area (Å²) in [4.78, 5) is 14.7. The van der Waals surface area contributed by atoms with Crippen molar-refractivity contribution in [3.05, 3.63) is 54.1 Å². The molecule has 0 saturated carbocycles. The summed E-state index contributed by atoms with van der Waals surface area (Å²) in [6.07, 6.45) is 2.68. The van der Waals surface area contributed by atoms with Crippen LogP contribution in [0.4, 0.5) is 4.39 Å². The van der Waals surface area contributed by atoms with E-state index in [4.69, 9.17) is 14.6 Å². The van der Waals surface area contributed by atoms with Crippen LogP contribution >= 0.6 is 0 Å². The number of hydrogen-bond donors (Lipinski definition) is 1. The molecule has 0 aliphatic heterocycles. The molecule has 0 amide bonds. The maximum Gasteiger partial charge on any atom is 0.339 e. The molecule has 0 atom stereocenters. The van der Waals surface area contributed by atoms with Gasteiger partial charge in [-0.3, -0.25) is 4.98 Å². The van der Waals surface area contributed by atoms with Gasteiger partial charge in [-0.05, 0) is 18.2 Å². The van der Waals surface area contributed by atoms with Crippen LogP contribution < -0.4 is 9.47 Å². The summed E-state index contributed by atoms with van der Waals surface area (Å²) in [7, 11) is 0. The molecule has 1 heterocycles. The molecule has 1 aromatic carbocycles. The molecular formula is C14H12FNO4. The first-order valence-electron chi connectivity index (χ1n) is 5.86. The predicted octanol–water partition coefficient (Wildman–Crippen LogP) is 2.38. The fourth-order valence-corrected chi connectivity index (χ4v) is 1.54. The lowest BCUT2D eigenvalue weighted by molar-refractivity contribution is 0.0691. The third-order valence-electron chi connectivity index (χ3n) is 2.45. The third kappa shape index (κ3) is 3.44. The van der Waals surface area contributed by atoms with E-state index < -0.39 is 11.8 Å². The molecule has 1 N–H and O–H groups in total. The molecule has 20 heavy (non-hydrogen) atoms. The van der Waals surface area contributed by atoms with E-state index in [1.165, 1.54) is 30.6 Å². The Hall–Kier alpha value is -2.63. The number of para-hydroxylation sites is 1. The van der Waals surface area contributed by atoms with Gasteiger partial charge in [0.05, 0.1) is 6.20 Å². The fourth-order valence-electron chi connectivity index (χ4n) is 1.54. The zero-order chi connectivity index (χ0) is 14.4. The highest BCUT2D eigenvalue weighted by Crippen LogP contribution is 2.17. The highest BCUT2D eigenvalue weighted by atomic mass is 19.1. The van der Waals surface area contributed by atoms with Crippen LogP contribution in [0.3, 0.4) is 0 Å². The van der Waals surface area contributed by atoms with E-state index in [2.05, 4.69) is 4.98 Å². The average Bonchev–Trinajstić information content (AvgIpc) is 2.45. The maximum atomic E-state index is 13.3. The molecular weight excluding hydrogens is 265 g/mol. The van der Waals surface area contributed by atoms with E-state index in [9.17, 15) is 9.18 Å². The van der Waals surface area contributed by atoms with Gasteiger partial charge in [-0.25, -0.2) is 9.18 Å². The number of carboxylic acid groups (broad SMARTS) is 1. The summed E-state index contributed by atoms with van der Waals surface area (Å²) in [5.41, 5.74) is 0.0193. The molecule has 2 aromatic rings. The number of benzene rings is 1. The van der Waals surface area contributed by atoms with Crippen molar-refractivity contribution in [3.63, 3.8) is 0 Å². The van der Waals surface area contributed by atoms with E-state index in [1.807, 2.05) is 0 Å². The Morgan fingerprint density at radius 2 is 1.85 bits per heavy atom. The quantitative estimate of drug-likeness (QED) is 0.821. The molecule has 0 fully saturated rings. The van der Waals surface area contributed by atoms with Crippen LogP contribution in [0.2, 0.25) is 0 Å². The molecule has 0 bridgehead atoms. The highest BCUT2D eigenvalue weighted by molar-refractivity contribution is 5.90. The smallest absolute Gasteiger partial charge is 0.339 e. The number of carbonyl (C=O) groups is 1. The molecule has 2 rings (SSSR count). The Kier molecular flexibility index (Phi) is 4.49. The number of pyridine rings is 1. The van der Waals surface area contributed by atoms with E-state index in [-0.39, 0.29) is 30.3 Å². The fraction of sp³-hybridized carbons (Fsp3) is 0.143. The Bertz CT molecular complexity index is 603. The standard InChI is InChI=1S/C14H12FNO4/c15-11-3-1-2-4-12(11)19-7-8-20-13-9-16-6-5-10(13)14(17)18/h1-6,9H,7-8H2,(H,17,18). The van der Waals surface area contributed by atoms with E-state index in [0.717, 1.165) is 0 Å². The van der Waals surface area contributed by atoms with Crippen molar-refractivity contribution in [2.75, 3.05) is 13.2 Å². The van der Waals surface area contributed by atoms with Crippen LogP contribution in [-0.2, 0) is 0 Å². The lowest BCUT2D eigenvalue weighted by atomic mass is 10.2. The molecule has 0 unspecified atom stereocenters. The molecule has 0 aliphatic rings. The van der Waals surface area contributed by atoms with Crippen molar-refractivity contribution in [1.29, 1.82) is 0 Å². The van der Waals surface area contributed by atoms with E-state index in [1.54, 1.807) is 12.1 Å². The van der Waals surface area contributed by atoms with Gasteiger partial charge in [0.2, 0.25) is 0 Å². The van der Waals surface area contributed by atoms with Crippen molar-refractivity contribution in [3.8, 4) is 11.5 Å². The molecule has 1 aromatic heterocycles. The van der Waals surface area contributed by atoms with Gasteiger partial charge in [-0.15, -0.1) is 0 Å². The molecule has 104 valence electrons. The van der Waals surface area contributed by atoms with Crippen molar-refractivity contribution in [1.82, 2.24) is 4.98 Å². The van der Waals surface area contributed by atoms with Gasteiger partial charge >= 0.3 is 5.97 Å². The molecule has 0 spiro atoms. The van der Waals surface area contributed by atoms with Gasteiger partial charge < -0.3 is 14.6 Å². The van der Waals surface area contributed by atoms with Crippen molar-refractivity contribution >= 4 is 5.97 Å². The summed E-state index contributed by atoms with van der Waals surface area (Å²) in [6.45, 7) is 0.176. The van der Waals surface area contributed by atoms with Crippen LogP contribution in [0.15, 0.2) is 42.7 Å². The molecule has 0 saturated heterocycles. The second-order valence-corrected chi connectivity index (χ2v) is 3.80. The minimum absolute atomic E-state index is 0.0193. The van der Waals surface area contributed by atoms with Crippen molar-refractivity contribution < 1.29 is 23.8 Å². The Morgan fingerprint density at radius 3 is 2.55 bits per heavy atom. The van der Waals surface area contributed by atoms with Gasteiger partial charge in [0.15, 0.2) is 17.3 Å². The van der Waals surface area contributed by atoms with Gasteiger partial charge in [0, 0.05) is 6.20 Å². The number of carboxylic acids is 1. The minimum Gasteiger partial charge on any atom is -0.488 e. The van der Waals surface area contributed by atoms with Gasteiger partial charge in [0.25, 0.3) is 0 Å². The number of nitrogens with zero attached hydrogens (tertiary/aromatic N) is 1. The summed E-state index contributed by atoms with van der Waals surface area (Å²) < 4.78 is 23.7. The Morgan fingerprint density at radius 1 is 1.15 bits per heavy atom. The predicted molar refractivity (Wildman–Crippen MR) is 68.6 cm³/mol. The molecule has 5 nitrogen and oxygen atoms in total. The second kappa shape index (κ2) is 6.51. The third-order valence-corrected chi connectivity index (χ3v) is 2.45. The first-order chi connectivity index (χ1) is 9.68. The topological polar surface area (TPSA) is 68.7 Å². The summed E-state index contributed by atoms with van der Waals surface area (Å²) >= 11 is 0. The average molecular weight is 277 g/mol. The number of hydrogen-bond acceptors (Lipinski definition) is 4. The van der Waals surface area contributed by atoms with E-state index in [0.29, 0.717) is 0 Å². The van der Waals surface area contributed by atoms with Crippen molar-refractivity contribution in [2.24, 2.45) is 0 Å². The first-order valence-corrected chi connectivity index (χ1v) is 5.86. The molecule has 0 aliphatic carbocycles. The largest absolute Gasteiger partial charge is 0.488 e. The SMILES string of the molecule is O=C(O)c1ccncc1OCCOc1ccccc1F. The number of ether oxygens (including phenoxy) is 2. The lowest BCUT2D eigenvalue weighted by Crippen LogP contribution is -2.12. The van der Waals surface area contributed by atoms with Gasteiger partial charge in [0.1, 0.15) is 18.8 Å². The van der Waals surface area contributed by atoms with Crippen LogP contribution in [0.1, 0.15) is 10.4 Å². The van der Waals surface area contributed by atoms with Gasteiger partial charge in [-0.2, -0.15) is 0 Å². The first kappa shape index (κ1) is 13.8. The van der Waals surface area contributed by atoms with Crippen LogP contribution in [0, 0.1) is 5.82 Å². The highest BCUT2D eigenvalue weighted by Gasteiger charge is 2.10. The number of aromatic nitrogens is 1. The number of aromatic carboxylic acids is 1. The minimum atomic E-state index is -1.10. The summed E-state index contributed by atoms with van der Waals surface area (Å²) in [6, 6.07) is 7.35. The van der Waals surface area contributed by atoms with E-state index >= 15 is 0 Å². The Labute approximate surface area is 114 Å². The van der Waals surface area contributed by atoms with Gasteiger partial charge in [-0.1, -0.05) is 12.1 Å². The lowest BCUT2D eigenvalue weighted by Gasteiger charge is -2.10. The molecule has 0 radical (unpaired) electrons. The normalized spacial score (nSPS) is 10.1. The molecule has 6 heteroatoms. The zero-order valence-electron chi connectivity index (χ0n) is 10.5. The monoisotopic (exact) mass is 277 g/mol. The zero-order valence-corrected chi connectivity index (χ0v) is 10.5. The van der Waals surface area contributed by atoms with Crippen LogP contribution in [-0.4, -0.2) is 29.3 Å². The summed E-state index contributed by atoms with van der Waals surface area (Å²) in [5.74, 6) is -1.28. The summed E-state index contributed by atoms with van der Waals surface area (Å²) in [5, 5.41) is 8.95. The Balaban J connectivity index is 1.88. The van der Waals surface area contributed by atoms with Crippen LogP contribution in [0.25, 0.3) is 0 Å². The number of halogens is 1.